The third kappa shape index (κ3) is 2.96. The summed E-state index contributed by atoms with van der Waals surface area (Å²) in [6, 6.07) is 1.37. The van der Waals surface area contributed by atoms with Gasteiger partial charge >= 0.3 is 5.97 Å². The number of hydrogen-bond acceptors (Lipinski definition) is 3. The number of likely N-dealkylation sites (tertiary alicyclic amines) is 1. The van der Waals surface area contributed by atoms with Gasteiger partial charge in [0.05, 0.1) is 6.07 Å². The lowest BCUT2D eigenvalue weighted by molar-refractivity contribution is -0.139. The van der Waals surface area contributed by atoms with Crippen LogP contribution in [0.3, 0.4) is 0 Å². The summed E-state index contributed by atoms with van der Waals surface area (Å²) in [6.07, 6.45) is 1.73. The lowest BCUT2D eigenvalue weighted by Gasteiger charge is -2.18. The molecular formula is C11H17N3O2. The number of amidine groups is 1. The predicted octanol–water partition coefficient (Wildman–Crippen LogP) is 1.11. The number of aliphatic imine (C=N–C) groups is 1. The molecule has 0 bridgehead atoms. The summed E-state index contributed by atoms with van der Waals surface area (Å²) in [7, 11) is 0. The highest BCUT2D eigenvalue weighted by Crippen LogP contribution is 2.15. The second-order valence-corrected chi connectivity index (χ2v) is 4.26. The van der Waals surface area contributed by atoms with Crippen LogP contribution in [0.5, 0.6) is 0 Å². The molecule has 1 unspecified atom stereocenters. The highest BCUT2D eigenvalue weighted by atomic mass is 16.4. The first-order chi connectivity index (χ1) is 7.56. The van der Waals surface area contributed by atoms with Crippen molar-refractivity contribution in [2.75, 3.05) is 13.1 Å². The lowest BCUT2D eigenvalue weighted by atomic mass is 10.1. The summed E-state index contributed by atoms with van der Waals surface area (Å²) in [5.41, 5.74) is 0. The van der Waals surface area contributed by atoms with E-state index in [2.05, 4.69) is 11.1 Å². The van der Waals surface area contributed by atoms with Gasteiger partial charge in [-0.05, 0) is 12.3 Å². The van der Waals surface area contributed by atoms with Gasteiger partial charge in [0.25, 0.3) is 0 Å². The first-order valence-corrected chi connectivity index (χ1v) is 5.47. The van der Waals surface area contributed by atoms with Crippen LogP contribution in [0.15, 0.2) is 4.99 Å². The normalized spacial score (nSPS) is 20.1. The molecule has 16 heavy (non-hydrogen) atoms. The second-order valence-electron chi connectivity index (χ2n) is 4.26. The fourth-order valence-corrected chi connectivity index (χ4v) is 1.77. The second kappa shape index (κ2) is 5.50. The third-order valence-corrected chi connectivity index (χ3v) is 2.63. The summed E-state index contributed by atoms with van der Waals surface area (Å²) in [5, 5.41) is 17.7. The zero-order valence-corrected chi connectivity index (χ0v) is 9.68. The van der Waals surface area contributed by atoms with Gasteiger partial charge in [0.1, 0.15) is 12.4 Å². The zero-order valence-electron chi connectivity index (χ0n) is 9.68. The number of nitrogens with zero attached hydrogens (tertiary/aromatic N) is 3. The number of carboxylic acid groups (broad SMARTS) is 1. The molecule has 0 saturated carbocycles. The van der Waals surface area contributed by atoms with Gasteiger partial charge in [0.2, 0.25) is 0 Å². The average molecular weight is 223 g/mol. The molecule has 0 aromatic heterocycles. The van der Waals surface area contributed by atoms with Crippen LogP contribution in [0.25, 0.3) is 0 Å². The molecule has 1 rings (SSSR count). The molecule has 1 saturated heterocycles. The summed E-state index contributed by atoms with van der Waals surface area (Å²) in [6.45, 7) is 4.78. The molecule has 5 nitrogen and oxygen atoms in total. The monoisotopic (exact) mass is 223 g/mol. The number of nitriles is 1. The van der Waals surface area contributed by atoms with E-state index in [1.807, 2.05) is 18.7 Å². The molecule has 0 aromatic rings. The molecule has 0 radical (unpaired) electrons. The van der Waals surface area contributed by atoms with E-state index in [0.29, 0.717) is 6.54 Å². The van der Waals surface area contributed by atoms with Crippen molar-refractivity contribution >= 4 is 11.8 Å². The smallest absolute Gasteiger partial charge is 0.328 e. The molecule has 1 aliphatic heterocycles. The molecule has 0 aliphatic carbocycles. The standard InChI is InChI=1S/C11H17N3O2/c1-8(2)10(11(15)16)13-9-4-3-6-14(9)7-5-12/h8,10H,3-4,6-7H2,1-2H3,(H,15,16). The molecule has 1 N–H and O–H groups in total. The molecule has 0 spiro atoms. The van der Waals surface area contributed by atoms with Gasteiger partial charge in [-0.3, -0.25) is 4.99 Å². The Morgan fingerprint density at radius 2 is 2.38 bits per heavy atom. The van der Waals surface area contributed by atoms with Crippen LogP contribution in [0.2, 0.25) is 0 Å². The maximum Gasteiger partial charge on any atom is 0.328 e. The highest BCUT2D eigenvalue weighted by molar-refractivity contribution is 5.87. The van der Waals surface area contributed by atoms with E-state index >= 15 is 0 Å². The number of carboxylic acids is 1. The first-order valence-electron chi connectivity index (χ1n) is 5.47. The Labute approximate surface area is 95.4 Å². The van der Waals surface area contributed by atoms with Gasteiger partial charge < -0.3 is 10.0 Å². The summed E-state index contributed by atoms with van der Waals surface area (Å²) in [5.74, 6) is -0.163. The van der Waals surface area contributed by atoms with E-state index in [1.165, 1.54) is 0 Å². The van der Waals surface area contributed by atoms with E-state index < -0.39 is 12.0 Å². The molecule has 88 valence electrons. The van der Waals surface area contributed by atoms with E-state index in [-0.39, 0.29) is 5.92 Å². The van der Waals surface area contributed by atoms with Gasteiger partial charge in [-0.25, -0.2) is 4.79 Å². The van der Waals surface area contributed by atoms with E-state index in [4.69, 9.17) is 10.4 Å². The maximum absolute atomic E-state index is 11.0. The van der Waals surface area contributed by atoms with Gasteiger partial charge in [0.15, 0.2) is 6.04 Å². The minimum atomic E-state index is -0.897. The van der Waals surface area contributed by atoms with Crippen LogP contribution in [0.1, 0.15) is 26.7 Å². The van der Waals surface area contributed by atoms with E-state index in [0.717, 1.165) is 25.2 Å². The van der Waals surface area contributed by atoms with Crippen molar-refractivity contribution < 1.29 is 9.90 Å². The Morgan fingerprint density at radius 1 is 1.69 bits per heavy atom. The topological polar surface area (TPSA) is 76.7 Å². The molecule has 0 aromatic carbocycles. The molecule has 1 heterocycles. The van der Waals surface area contributed by atoms with Gasteiger partial charge in [-0.1, -0.05) is 13.8 Å². The number of aliphatic carboxylic acids is 1. The SMILES string of the molecule is CC(C)C(N=C1CCCN1CC#N)C(=O)O. The predicted molar refractivity (Wildman–Crippen MR) is 60.1 cm³/mol. The minimum Gasteiger partial charge on any atom is -0.480 e. The van der Waals surface area contributed by atoms with Gasteiger partial charge in [-0.2, -0.15) is 5.26 Å². The van der Waals surface area contributed by atoms with Crippen LogP contribution in [-0.2, 0) is 4.79 Å². The molecule has 1 fully saturated rings. The molecule has 1 aliphatic rings. The summed E-state index contributed by atoms with van der Waals surface area (Å²) < 4.78 is 0. The van der Waals surface area contributed by atoms with Crippen LogP contribution in [0, 0.1) is 17.2 Å². The third-order valence-electron chi connectivity index (χ3n) is 2.63. The van der Waals surface area contributed by atoms with Crippen molar-refractivity contribution in [3.63, 3.8) is 0 Å². The van der Waals surface area contributed by atoms with Crippen LogP contribution in [0.4, 0.5) is 0 Å². The largest absolute Gasteiger partial charge is 0.480 e. The Hall–Kier alpha value is -1.57. The van der Waals surface area contributed by atoms with Crippen molar-refractivity contribution in [2.45, 2.75) is 32.7 Å². The Morgan fingerprint density at radius 3 is 2.88 bits per heavy atom. The van der Waals surface area contributed by atoms with Crippen molar-refractivity contribution in [3.8, 4) is 6.07 Å². The van der Waals surface area contributed by atoms with E-state index in [1.54, 1.807) is 0 Å². The molecular weight excluding hydrogens is 206 g/mol. The molecule has 0 amide bonds. The summed E-state index contributed by atoms with van der Waals surface area (Å²) >= 11 is 0. The van der Waals surface area contributed by atoms with E-state index in [9.17, 15) is 4.79 Å². The van der Waals surface area contributed by atoms with Gasteiger partial charge in [-0.15, -0.1) is 0 Å². The Kier molecular flexibility index (Phi) is 4.29. The number of hydrogen-bond donors (Lipinski definition) is 1. The van der Waals surface area contributed by atoms with Crippen molar-refractivity contribution in [2.24, 2.45) is 10.9 Å². The highest BCUT2D eigenvalue weighted by Gasteiger charge is 2.25. The Balaban J connectivity index is 2.80. The molecule has 1 atom stereocenters. The van der Waals surface area contributed by atoms with Crippen molar-refractivity contribution in [3.05, 3.63) is 0 Å². The minimum absolute atomic E-state index is 0.0328. The van der Waals surface area contributed by atoms with Crippen LogP contribution >= 0.6 is 0 Å². The van der Waals surface area contributed by atoms with Crippen molar-refractivity contribution in [1.82, 2.24) is 4.90 Å². The lowest BCUT2D eigenvalue weighted by Crippen LogP contribution is -2.31. The quantitative estimate of drug-likeness (QED) is 0.724. The van der Waals surface area contributed by atoms with Crippen LogP contribution in [-0.4, -0.2) is 40.9 Å². The van der Waals surface area contributed by atoms with Crippen molar-refractivity contribution in [1.29, 1.82) is 5.26 Å². The zero-order chi connectivity index (χ0) is 12.1. The summed E-state index contributed by atoms with van der Waals surface area (Å²) in [4.78, 5) is 17.1. The van der Waals surface area contributed by atoms with Gasteiger partial charge in [0, 0.05) is 13.0 Å². The number of carbonyl (C=O) groups is 1. The molecule has 5 heteroatoms. The van der Waals surface area contributed by atoms with Crippen LogP contribution < -0.4 is 0 Å². The fourth-order valence-electron chi connectivity index (χ4n) is 1.77. The fraction of sp³-hybridized carbons (Fsp3) is 0.727. The Bertz CT molecular complexity index is 331. The maximum atomic E-state index is 11.0. The number of rotatable bonds is 4. The average Bonchev–Trinajstić information content (AvgIpc) is 2.61. The first kappa shape index (κ1) is 12.5.